The number of aliphatic hydroxyl groups excluding tert-OH is 1. The highest BCUT2D eigenvalue weighted by molar-refractivity contribution is 7.13. The third kappa shape index (κ3) is 3.35. The van der Waals surface area contributed by atoms with Crippen LogP contribution in [0.2, 0.25) is 0 Å². The van der Waals surface area contributed by atoms with Crippen LogP contribution in [-0.4, -0.2) is 76.5 Å². The van der Waals surface area contributed by atoms with Gasteiger partial charge < -0.3 is 10.0 Å². The maximum atomic E-state index is 12.8. The zero-order valence-electron chi connectivity index (χ0n) is 18.2. The number of aliphatic hydroxyl groups is 1. The van der Waals surface area contributed by atoms with Crippen molar-refractivity contribution in [2.75, 3.05) is 44.2 Å². The molecule has 1 aromatic heterocycles. The van der Waals surface area contributed by atoms with Gasteiger partial charge in [0, 0.05) is 38.1 Å². The van der Waals surface area contributed by atoms with Crippen molar-refractivity contribution >= 4 is 39.3 Å². The minimum atomic E-state index is -0.653. The molecule has 4 aliphatic rings. The van der Waals surface area contributed by atoms with E-state index in [2.05, 4.69) is 32.4 Å². The molecule has 5 atom stereocenters. The molecule has 2 saturated heterocycles. The van der Waals surface area contributed by atoms with E-state index < -0.39 is 6.10 Å². The van der Waals surface area contributed by atoms with Gasteiger partial charge in [-0.1, -0.05) is 12.1 Å². The number of hydrogen-bond acceptors (Lipinski definition) is 7. The lowest BCUT2D eigenvalue weighted by molar-refractivity contribution is -0.142. The summed E-state index contributed by atoms with van der Waals surface area (Å²) in [7, 11) is 0. The number of imide groups is 1. The van der Waals surface area contributed by atoms with E-state index in [-0.39, 0.29) is 30.2 Å². The fourth-order valence-electron chi connectivity index (χ4n) is 6.57. The van der Waals surface area contributed by atoms with Crippen molar-refractivity contribution in [3.05, 3.63) is 24.3 Å². The van der Waals surface area contributed by atoms with Crippen molar-refractivity contribution in [3.63, 3.8) is 0 Å². The Morgan fingerprint density at radius 1 is 1.03 bits per heavy atom. The Balaban J connectivity index is 0.996. The Kier molecular flexibility index (Phi) is 5.19. The minimum Gasteiger partial charge on any atom is -0.391 e. The highest BCUT2D eigenvalue weighted by Crippen LogP contribution is 2.56. The molecule has 1 aromatic carbocycles. The quantitative estimate of drug-likeness (QED) is 0.675. The average Bonchev–Trinajstić information content (AvgIpc) is 3.58. The molecule has 1 N–H and O–H groups in total. The van der Waals surface area contributed by atoms with Gasteiger partial charge in [0.25, 0.3) is 0 Å². The van der Waals surface area contributed by atoms with Gasteiger partial charge in [-0.05, 0) is 61.2 Å². The van der Waals surface area contributed by atoms with Crippen LogP contribution in [0.4, 0.5) is 5.82 Å². The van der Waals surface area contributed by atoms with Crippen LogP contribution in [0.1, 0.15) is 25.7 Å². The molecule has 32 heavy (non-hydrogen) atoms. The monoisotopic (exact) mass is 454 g/mol. The van der Waals surface area contributed by atoms with E-state index in [1.165, 1.54) is 15.0 Å². The summed E-state index contributed by atoms with van der Waals surface area (Å²) in [6, 6.07) is 8.36. The standard InChI is InChI=1S/C24H30N4O3S/c29-17(14-28-23(30)20-15-5-6-16(13-15)21(20)24(28)31)7-8-26-9-11-27(12-10-26)22-18-3-1-2-4-19(18)32-25-22/h1-4,15-17,20-21,29H,5-14H2/t15-,16+,17?,20+,21-. The second-order valence-electron chi connectivity index (χ2n) is 9.95. The first-order valence-corrected chi connectivity index (χ1v) is 12.7. The fourth-order valence-corrected chi connectivity index (χ4v) is 7.36. The number of carbonyl (C=O) groups excluding carboxylic acids is 2. The van der Waals surface area contributed by atoms with Crippen molar-refractivity contribution < 1.29 is 14.7 Å². The second-order valence-corrected chi connectivity index (χ2v) is 10.8. The number of aromatic nitrogens is 1. The molecule has 2 aromatic rings. The zero-order chi connectivity index (χ0) is 21.8. The summed E-state index contributed by atoms with van der Waals surface area (Å²) in [5.74, 6) is 1.65. The van der Waals surface area contributed by atoms with Crippen LogP contribution in [0.25, 0.3) is 10.1 Å². The van der Waals surface area contributed by atoms with Crippen LogP contribution in [0, 0.1) is 23.7 Å². The molecule has 0 radical (unpaired) electrons. The van der Waals surface area contributed by atoms with Crippen molar-refractivity contribution in [1.29, 1.82) is 0 Å². The molecular weight excluding hydrogens is 424 g/mol. The van der Waals surface area contributed by atoms with E-state index >= 15 is 0 Å². The Hall–Kier alpha value is -2.03. The van der Waals surface area contributed by atoms with Crippen molar-refractivity contribution in [2.24, 2.45) is 23.7 Å². The number of β-amino-alcohol motifs (C(OH)–C–C–N with tert-alkyl or cyclic N) is 1. The summed E-state index contributed by atoms with van der Waals surface area (Å²) >= 11 is 1.55. The van der Waals surface area contributed by atoms with Gasteiger partial charge in [0.15, 0.2) is 0 Å². The van der Waals surface area contributed by atoms with Gasteiger partial charge >= 0.3 is 0 Å². The van der Waals surface area contributed by atoms with Gasteiger partial charge in [-0.2, -0.15) is 4.37 Å². The van der Waals surface area contributed by atoms with Crippen LogP contribution in [-0.2, 0) is 9.59 Å². The highest BCUT2D eigenvalue weighted by Gasteiger charge is 2.60. The lowest BCUT2D eigenvalue weighted by Crippen LogP contribution is -2.47. The normalized spacial score (nSPS) is 31.2. The Labute approximate surface area is 192 Å². The molecule has 4 fully saturated rings. The first kappa shape index (κ1) is 20.6. The molecular formula is C24H30N4O3S. The summed E-state index contributed by atoms with van der Waals surface area (Å²) in [6.07, 6.45) is 3.15. The molecule has 0 spiro atoms. The van der Waals surface area contributed by atoms with Crippen LogP contribution in [0.15, 0.2) is 24.3 Å². The van der Waals surface area contributed by atoms with E-state index in [0.29, 0.717) is 18.3 Å². The lowest BCUT2D eigenvalue weighted by atomic mass is 9.81. The Morgan fingerprint density at radius 3 is 2.44 bits per heavy atom. The predicted molar refractivity (Wildman–Crippen MR) is 123 cm³/mol. The van der Waals surface area contributed by atoms with E-state index in [9.17, 15) is 14.7 Å². The topological polar surface area (TPSA) is 77.0 Å². The molecule has 2 saturated carbocycles. The summed E-state index contributed by atoms with van der Waals surface area (Å²) in [5, 5.41) is 11.8. The van der Waals surface area contributed by atoms with Gasteiger partial charge in [-0.15, -0.1) is 0 Å². The second kappa shape index (κ2) is 8.08. The van der Waals surface area contributed by atoms with Gasteiger partial charge in [0.05, 0.1) is 29.2 Å². The number of likely N-dealkylation sites (tertiary alicyclic amines) is 1. The lowest BCUT2D eigenvalue weighted by Gasteiger charge is -2.35. The molecule has 8 heteroatoms. The minimum absolute atomic E-state index is 0.0182. The third-order valence-corrected chi connectivity index (χ3v) is 9.04. The Bertz CT molecular complexity index is 1010. The largest absolute Gasteiger partial charge is 0.391 e. The number of amides is 2. The molecule has 2 aliphatic heterocycles. The van der Waals surface area contributed by atoms with E-state index in [1.807, 2.05) is 6.07 Å². The molecule has 7 nitrogen and oxygen atoms in total. The van der Waals surface area contributed by atoms with Crippen molar-refractivity contribution in [2.45, 2.75) is 31.8 Å². The SMILES string of the molecule is O=C1[C@@H]2[C@H]3CC[C@H](C3)[C@@H]2C(=O)N1CC(O)CCN1CCN(c2nsc3ccccc23)CC1. The van der Waals surface area contributed by atoms with Gasteiger partial charge in [-0.25, -0.2) is 0 Å². The maximum Gasteiger partial charge on any atom is 0.233 e. The van der Waals surface area contributed by atoms with E-state index in [4.69, 9.17) is 0 Å². The highest BCUT2D eigenvalue weighted by atomic mass is 32.1. The number of fused-ring (bicyclic) bond motifs is 6. The van der Waals surface area contributed by atoms with Crippen LogP contribution in [0.5, 0.6) is 0 Å². The number of rotatable bonds is 6. The smallest absolute Gasteiger partial charge is 0.233 e. The summed E-state index contributed by atoms with van der Waals surface area (Å²) in [4.78, 5) is 31.8. The first-order chi connectivity index (χ1) is 15.6. The van der Waals surface area contributed by atoms with Crippen LogP contribution >= 0.6 is 11.5 Å². The summed E-state index contributed by atoms with van der Waals surface area (Å²) in [5.41, 5.74) is 0. The van der Waals surface area contributed by atoms with Gasteiger partial charge in [0.2, 0.25) is 11.8 Å². The van der Waals surface area contributed by atoms with Gasteiger partial charge in [0.1, 0.15) is 5.82 Å². The molecule has 170 valence electrons. The molecule has 2 aliphatic carbocycles. The molecule has 2 amide bonds. The zero-order valence-corrected chi connectivity index (χ0v) is 19.0. The van der Waals surface area contributed by atoms with Crippen molar-refractivity contribution in [1.82, 2.24) is 14.2 Å². The molecule has 1 unspecified atom stereocenters. The Morgan fingerprint density at radius 2 is 1.72 bits per heavy atom. The number of carbonyl (C=O) groups is 2. The van der Waals surface area contributed by atoms with Crippen LogP contribution in [0.3, 0.4) is 0 Å². The number of hydrogen-bond donors (Lipinski definition) is 1. The number of benzene rings is 1. The molecule has 2 bridgehead atoms. The van der Waals surface area contributed by atoms with Crippen molar-refractivity contribution in [3.8, 4) is 0 Å². The maximum absolute atomic E-state index is 12.8. The first-order valence-electron chi connectivity index (χ1n) is 11.9. The van der Waals surface area contributed by atoms with Gasteiger partial charge in [-0.3, -0.25) is 19.4 Å². The summed E-state index contributed by atoms with van der Waals surface area (Å²) < 4.78 is 5.89. The third-order valence-electron chi connectivity index (χ3n) is 8.22. The summed E-state index contributed by atoms with van der Waals surface area (Å²) in [6.45, 7) is 4.62. The van der Waals surface area contributed by atoms with E-state index in [0.717, 1.165) is 57.8 Å². The number of piperazine rings is 1. The number of nitrogens with zero attached hydrogens (tertiary/aromatic N) is 4. The number of anilines is 1. The fraction of sp³-hybridized carbons (Fsp3) is 0.625. The predicted octanol–water partition coefficient (Wildman–Crippen LogP) is 2.20. The average molecular weight is 455 g/mol. The van der Waals surface area contributed by atoms with Crippen LogP contribution < -0.4 is 4.90 Å². The molecule has 3 heterocycles. The molecule has 6 rings (SSSR count). The van der Waals surface area contributed by atoms with E-state index in [1.54, 1.807) is 11.5 Å².